The molecule has 0 unspecified atom stereocenters. The van der Waals surface area contributed by atoms with E-state index in [0.29, 0.717) is 13.0 Å². The molecule has 0 radical (unpaired) electrons. The Morgan fingerprint density at radius 2 is 1.81 bits per heavy atom. The number of nitrogen functional groups attached to an aromatic ring is 1. The van der Waals surface area contributed by atoms with Gasteiger partial charge in [-0.1, -0.05) is 29.3 Å². The lowest BCUT2D eigenvalue weighted by molar-refractivity contribution is -0.138. The van der Waals surface area contributed by atoms with Gasteiger partial charge in [0.2, 0.25) is 5.95 Å². The Balaban J connectivity index is 0.000000445. The third-order valence-electron chi connectivity index (χ3n) is 3.33. The Kier molecular flexibility index (Phi) is 9.65. The summed E-state index contributed by atoms with van der Waals surface area (Å²) in [6.45, 7) is 10.5. The number of hydrogen-bond acceptors (Lipinski definition) is 8. The van der Waals surface area contributed by atoms with Crippen LogP contribution in [0, 0.1) is 0 Å². The third kappa shape index (κ3) is 9.14. The number of carbonyl (C=O) groups excluding carboxylic acids is 2. The number of nitrogens with two attached hydrogens (primary N) is 1. The highest BCUT2D eigenvalue weighted by molar-refractivity contribution is 6.39. The van der Waals surface area contributed by atoms with Gasteiger partial charge in [-0.15, -0.1) is 0 Å². The molecule has 0 bridgehead atoms. The Bertz CT molecular complexity index is 648. The van der Waals surface area contributed by atoms with E-state index in [0.717, 1.165) is 26.2 Å². The lowest BCUT2D eigenvalue weighted by atomic mass is 10.2. The maximum atomic E-state index is 12.0. The molecule has 0 saturated carbocycles. The summed E-state index contributed by atoms with van der Waals surface area (Å²) < 4.78 is 4.55. The van der Waals surface area contributed by atoms with Crippen LogP contribution in [0.3, 0.4) is 0 Å². The summed E-state index contributed by atoms with van der Waals surface area (Å²) >= 11 is 11.7. The Morgan fingerprint density at radius 3 is 2.26 bits per heavy atom. The van der Waals surface area contributed by atoms with E-state index in [1.54, 1.807) is 6.08 Å². The quantitative estimate of drug-likeness (QED) is 0.323. The molecule has 0 aromatic carbocycles. The van der Waals surface area contributed by atoms with E-state index >= 15 is 0 Å². The van der Waals surface area contributed by atoms with Crippen molar-refractivity contribution in [2.75, 3.05) is 38.5 Å². The van der Waals surface area contributed by atoms with Crippen LogP contribution in [0.1, 0.15) is 31.1 Å². The zero-order valence-corrected chi connectivity index (χ0v) is 17.2. The topological polar surface area (TPSA) is 110 Å². The fourth-order valence-corrected chi connectivity index (χ4v) is 2.64. The minimum atomic E-state index is -0.324. The van der Waals surface area contributed by atoms with Crippen molar-refractivity contribution in [3.63, 3.8) is 0 Å². The second-order valence-corrected chi connectivity index (χ2v) is 7.40. The Labute approximate surface area is 169 Å². The molecule has 1 aliphatic heterocycles. The van der Waals surface area contributed by atoms with E-state index in [-0.39, 0.29) is 33.2 Å². The van der Waals surface area contributed by atoms with Gasteiger partial charge in [-0.25, -0.2) is 9.97 Å². The number of aromatic nitrogens is 2. The van der Waals surface area contributed by atoms with Crippen molar-refractivity contribution in [1.82, 2.24) is 20.2 Å². The van der Waals surface area contributed by atoms with Gasteiger partial charge in [-0.05, 0) is 26.8 Å². The molecule has 150 valence electrons. The SMILES string of the molecule is CC(C)(C)OC=O.Nc1nc(Cl)c(C(=O)/C=C/CN2CCNCC2)c(Cl)n1. The molecule has 2 rings (SSSR count). The molecular weight excluding hydrogens is 393 g/mol. The first-order chi connectivity index (χ1) is 12.6. The highest BCUT2D eigenvalue weighted by Crippen LogP contribution is 2.22. The summed E-state index contributed by atoms with van der Waals surface area (Å²) in [6.07, 6.45) is 3.23. The van der Waals surface area contributed by atoms with Crippen LogP contribution in [0.25, 0.3) is 0 Å². The van der Waals surface area contributed by atoms with E-state index in [9.17, 15) is 9.59 Å². The second kappa shape index (κ2) is 11.2. The predicted molar refractivity (Wildman–Crippen MR) is 106 cm³/mol. The number of nitrogens with one attached hydrogen (secondary N) is 1. The van der Waals surface area contributed by atoms with Gasteiger partial charge in [0.15, 0.2) is 5.78 Å². The average Bonchev–Trinajstić information content (AvgIpc) is 2.54. The zero-order valence-electron chi connectivity index (χ0n) is 15.7. The van der Waals surface area contributed by atoms with Gasteiger partial charge in [0, 0.05) is 32.7 Å². The molecule has 3 N–H and O–H groups in total. The lowest BCUT2D eigenvalue weighted by Gasteiger charge is -2.25. The monoisotopic (exact) mass is 417 g/mol. The molecule has 1 aromatic rings. The molecular formula is C17H25Cl2N5O3. The number of nitrogens with zero attached hydrogens (tertiary/aromatic N) is 3. The van der Waals surface area contributed by atoms with Crippen molar-refractivity contribution < 1.29 is 14.3 Å². The molecule has 0 amide bonds. The number of hydrogen-bond donors (Lipinski definition) is 2. The molecule has 8 nitrogen and oxygen atoms in total. The average molecular weight is 418 g/mol. The van der Waals surface area contributed by atoms with Gasteiger partial charge in [0.25, 0.3) is 6.47 Å². The number of allylic oxidation sites excluding steroid dienone is 1. The van der Waals surface area contributed by atoms with Crippen molar-refractivity contribution in [2.45, 2.75) is 26.4 Å². The summed E-state index contributed by atoms with van der Waals surface area (Å²) in [5.74, 6) is -0.378. The van der Waals surface area contributed by atoms with Crippen molar-refractivity contribution in [3.05, 3.63) is 28.0 Å². The summed E-state index contributed by atoms with van der Waals surface area (Å²) in [5.41, 5.74) is 5.16. The molecule has 1 aliphatic rings. The highest BCUT2D eigenvalue weighted by Gasteiger charge is 2.16. The van der Waals surface area contributed by atoms with Gasteiger partial charge >= 0.3 is 0 Å². The predicted octanol–water partition coefficient (Wildman–Crippen LogP) is 1.97. The van der Waals surface area contributed by atoms with Crippen LogP contribution in [0.2, 0.25) is 10.3 Å². The largest absolute Gasteiger partial charge is 0.462 e. The molecule has 10 heteroatoms. The van der Waals surface area contributed by atoms with Gasteiger partial charge in [-0.3, -0.25) is 14.5 Å². The fraction of sp³-hybridized carbons (Fsp3) is 0.529. The van der Waals surface area contributed by atoms with E-state index in [1.807, 2.05) is 20.8 Å². The van der Waals surface area contributed by atoms with Crippen LogP contribution in [-0.2, 0) is 9.53 Å². The standard InChI is InChI=1S/C12H15Cl2N5O.C5H10O2/c13-10-9(11(14)18-12(15)17-10)8(20)2-1-5-19-6-3-16-4-7-19;1-5(2,3)7-4-6/h1-2,16H,3-7H2,(H2,15,17,18);4H,1-3H3/b2-1+;. The normalized spacial score (nSPS) is 15.1. The minimum Gasteiger partial charge on any atom is -0.462 e. The second-order valence-electron chi connectivity index (χ2n) is 6.68. The molecule has 1 saturated heterocycles. The number of ketones is 1. The zero-order chi connectivity index (χ0) is 20.4. The van der Waals surface area contributed by atoms with Crippen LogP contribution >= 0.6 is 23.2 Å². The smallest absolute Gasteiger partial charge is 0.293 e. The summed E-state index contributed by atoms with van der Waals surface area (Å²) in [4.78, 5) is 31.3. The molecule has 0 spiro atoms. The third-order valence-corrected chi connectivity index (χ3v) is 3.88. The summed E-state index contributed by atoms with van der Waals surface area (Å²) in [6, 6.07) is 0. The molecule has 27 heavy (non-hydrogen) atoms. The molecule has 1 fully saturated rings. The van der Waals surface area contributed by atoms with Crippen LogP contribution in [0.4, 0.5) is 5.95 Å². The fourth-order valence-electron chi connectivity index (χ4n) is 2.06. The summed E-state index contributed by atoms with van der Waals surface area (Å²) in [5, 5.41) is 3.21. The number of rotatable bonds is 5. The van der Waals surface area contributed by atoms with Crippen molar-refractivity contribution in [1.29, 1.82) is 0 Å². The minimum absolute atomic E-state index is 0.0284. The number of carbonyl (C=O) groups is 2. The van der Waals surface area contributed by atoms with Crippen LogP contribution in [0.15, 0.2) is 12.2 Å². The first-order valence-electron chi connectivity index (χ1n) is 8.38. The van der Waals surface area contributed by atoms with Gasteiger partial charge < -0.3 is 15.8 Å². The maximum absolute atomic E-state index is 12.0. The Morgan fingerprint density at radius 1 is 1.26 bits per heavy atom. The van der Waals surface area contributed by atoms with Crippen molar-refractivity contribution >= 4 is 41.4 Å². The van der Waals surface area contributed by atoms with Crippen molar-refractivity contribution in [3.8, 4) is 0 Å². The molecule has 2 heterocycles. The molecule has 0 aliphatic carbocycles. The molecule has 1 aromatic heterocycles. The maximum Gasteiger partial charge on any atom is 0.293 e. The van der Waals surface area contributed by atoms with Crippen LogP contribution in [0.5, 0.6) is 0 Å². The van der Waals surface area contributed by atoms with E-state index in [4.69, 9.17) is 28.9 Å². The number of anilines is 1. The van der Waals surface area contributed by atoms with Gasteiger partial charge in [0.05, 0.1) is 5.56 Å². The summed E-state index contributed by atoms with van der Waals surface area (Å²) in [7, 11) is 0. The van der Waals surface area contributed by atoms with Gasteiger partial charge in [0.1, 0.15) is 15.9 Å². The highest BCUT2D eigenvalue weighted by atomic mass is 35.5. The van der Waals surface area contributed by atoms with E-state index in [1.165, 1.54) is 6.08 Å². The Hall–Kier alpha value is -1.74. The number of halogens is 2. The van der Waals surface area contributed by atoms with Crippen molar-refractivity contribution in [2.24, 2.45) is 0 Å². The van der Waals surface area contributed by atoms with Crippen LogP contribution in [-0.4, -0.2) is 65.4 Å². The lowest BCUT2D eigenvalue weighted by Crippen LogP contribution is -2.43. The van der Waals surface area contributed by atoms with Crippen LogP contribution < -0.4 is 11.1 Å². The first kappa shape index (κ1) is 23.3. The van der Waals surface area contributed by atoms with E-state index in [2.05, 4.69) is 24.9 Å². The first-order valence-corrected chi connectivity index (χ1v) is 9.13. The number of piperazine rings is 1. The number of ether oxygens (including phenoxy) is 1. The molecule has 0 atom stereocenters. The van der Waals surface area contributed by atoms with E-state index < -0.39 is 0 Å². The van der Waals surface area contributed by atoms with Gasteiger partial charge in [-0.2, -0.15) is 0 Å².